The summed E-state index contributed by atoms with van der Waals surface area (Å²) in [5.41, 5.74) is 7.22. The summed E-state index contributed by atoms with van der Waals surface area (Å²) < 4.78 is 26.7. The summed E-state index contributed by atoms with van der Waals surface area (Å²) in [5, 5.41) is 0. The molecule has 2 N–H and O–H groups in total. The summed E-state index contributed by atoms with van der Waals surface area (Å²) in [5.74, 6) is -0.684. The molecular weight excluding hydrogens is 234 g/mol. The molecule has 0 unspecified atom stereocenters. The number of nitrogens with zero attached hydrogens (tertiary/aromatic N) is 1. The minimum atomic E-state index is -0.381. The molecule has 0 aromatic heterocycles. The van der Waals surface area contributed by atoms with Gasteiger partial charge in [-0.15, -0.1) is 0 Å². The van der Waals surface area contributed by atoms with Crippen LogP contribution in [0.25, 0.3) is 0 Å². The van der Waals surface area contributed by atoms with Crippen LogP contribution in [0.15, 0.2) is 42.5 Å². The van der Waals surface area contributed by atoms with Crippen LogP contribution in [0.1, 0.15) is 5.56 Å². The normalized spacial score (nSPS) is 10.4. The lowest BCUT2D eigenvalue weighted by atomic mass is 10.2. The van der Waals surface area contributed by atoms with Gasteiger partial charge in [-0.1, -0.05) is 18.2 Å². The van der Waals surface area contributed by atoms with Crippen LogP contribution < -0.4 is 10.6 Å². The molecule has 94 valence electrons. The van der Waals surface area contributed by atoms with Crippen molar-refractivity contribution in [2.45, 2.75) is 6.54 Å². The zero-order valence-corrected chi connectivity index (χ0v) is 10.0. The second-order valence-corrected chi connectivity index (χ2v) is 4.16. The number of nitrogen functional groups attached to an aromatic ring is 1. The van der Waals surface area contributed by atoms with Crippen LogP contribution in [0.5, 0.6) is 0 Å². The average Bonchev–Trinajstić information content (AvgIpc) is 2.28. The van der Waals surface area contributed by atoms with Crippen LogP contribution >= 0.6 is 0 Å². The Labute approximate surface area is 105 Å². The average molecular weight is 248 g/mol. The molecule has 0 aliphatic rings. The topological polar surface area (TPSA) is 29.3 Å². The highest BCUT2D eigenvalue weighted by Crippen LogP contribution is 2.26. The van der Waals surface area contributed by atoms with Gasteiger partial charge in [-0.05, 0) is 29.8 Å². The van der Waals surface area contributed by atoms with Crippen LogP contribution in [-0.4, -0.2) is 7.05 Å². The maximum Gasteiger partial charge on any atom is 0.148 e. The summed E-state index contributed by atoms with van der Waals surface area (Å²) >= 11 is 0. The molecular formula is C14H14F2N2. The first-order chi connectivity index (χ1) is 8.58. The molecule has 0 radical (unpaired) electrons. The van der Waals surface area contributed by atoms with Gasteiger partial charge >= 0.3 is 0 Å². The lowest BCUT2D eigenvalue weighted by Crippen LogP contribution is -2.19. The van der Waals surface area contributed by atoms with E-state index in [9.17, 15) is 8.78 Å². The number of rotatable bonds is 3. The highest BCUT2D eigenvalue weighted by Gasteiger charge is 2.11. The van der Waals surface area contributed by atoms with E-state index in [1.165, 1.54) is 18.2 Å². The van der Waals surface area contributed by atoms with Gasteiger partial charge in [0.2, 0.25) is 0 Å². The number of anilines is 2. The summed E-state index contributed by atoms with van der Waals surface area (Å²) in [6, 6.07) is 10.8. The largest absolute Gasteiger partial charge is 0.397 e. The monoisotopic (exact) mass is 248 g/mol. The van der Waals surface area contributed by atoms with Crippen LogP contribution in [-0.2, 0) is 6.54 Å². The van der Waals surface area contributed by atoms with Gasteiger partial charge in [0.1, 0.15) is 11.6 Å². The maximum absolute atomic E-state index is 13.7. The predicted molar refractivity (Wildman–Crippen MR) is 69.3 cm³/mol. The standard InChI is InChI=1S/C14H14F2N2/c1-18(9-10-4-2-5-11(15)8-10)14-12(16)6-3-7-13(14)17/h2-8H,9,17H2,1H3. The lowest BCUT2D eigenvalue weighted by Gasteiger charge is -2.21. The molecule has 0 aliphatic heterocycles. The predicted octanol–water partition coefficient (Wildman–Crippen LogP) is 3.18. The van der Waals surface area contributed by atoms with E-state index in [2.05, 4.69) is 0 Å². The molecule has 0 saturated carbocycles. The molecule has 2 aromatic carbocycles. The maximum atomic E-state index is 13.7. The van der Waals surface area contributed by atoms with Crippen LogP contribution in [0, 0.1) is 11.6 Å². The van der Waals surface area contributed by atoms with E-state index >= 15 is 0 Å². The van der Waals surface area contributed by atoms with Crippen molar-refractivity contribution >= 4 is 11.4 Å². The zero-order chi connectivity index (χ0) is 13.1. The Hall–Kier alpha value is -2.10. The number of benzene rings is 2. The molecule has 4 heteroatoms. The Morgan fingerprint density at radius 1 is 1.11 bits per heavy atom. The Kier molecular flexibility index (Phi) is 3.46. The molecule has 18 heavy (non-hydrogen) atoms. The fourth-order valence-electron chi connectivity index (χ4n) is 1.92. The van der Waals surface area contributed by atoms with E-state index in [0.717, 1.165) is 5.56 Å². The van der Waals surface area contributed by atoms with Crippen molar-refractivity contribution in [3.63, 3.8) is 0 Å². The van der Waals surface area contributed by atoms with E-state index < -0.39 is 0 Å². The van der Waals surface area contributed by atoms with Crippen LogP contribution in [0.3, 0.4) is 0 Å². The highest BCUT2D eigenvalue weighted by molar-refractivity contribution is 5.67. The number of halogens is 2. The molecule has 0 atom stereocenters. The Morgan fingerprint density at radius 2 is 1.83 bits per heavy atom. The second kappa shape index (κ2) is 5.04. The third-order valence-corrected chi connectivity index (χ3v) is 2.71. The number of nitrogens with two attached hydrogens (primary N) is 1. The van der Waals surface area contributed by atoms with Crippen molar-refractivity contribution in [3.8, 4) is 0 Å². The van der Waals surface area contributed by atoms with Gasteiger partial charge in [0.15, 0.2) is 0 Å². The van der Waals surface area contributed by atoms with E-state index in [1.807, 2.05) is 0 Å². The van der Waals surface area contributed by atoms with Gasteiger partial charge in [-0.25, -0.2) is 8.78 Å². The van der Waals surface area contributed by atoms with Gasteiger partial charge in [-0.3, -0.25) is 0 Å². The quantitative estimate of drug-likeness (QED) is 0.845. The first-order valence-electron chi connectivity index (χ1n) is 5.57. The van der Waals surface area contributed by atoms with Crippen molar-refractivity contribution in [3.05, 3.63) is 59.7 Å². The van der Waals surface area contributed by atoms with E-state index in [0.29, 0.717) is 17.9 Å². The van der Waals surface area contributed by atoms with Crippen molar-refractivity contribution in [1.29, 1.82) is 0 Å². The number of hydrogen-bond donors (Lipinski definition) is 1. The Bertz CT molecular complexity index is 535. The smallest absolute Gasteiger partial charge is 0.148 e. The van der Waals surface area contributed by atoms with Crippen molar-refractivity contribution in [1.82, 2.24) is 0 Å². The first kappa shape index (κ1) is 12.4. The van der Waals surface area contributed by atoms with Crippen molar-refractivity contribution < 1.29 is 8.78 Å². The third-order valence-electron chi connectivity index (χ3n) is 2.71. The molecule has 0 aliphatic carbocycles. The molecule has 2 nitrogen and oxygen atoms in total. The Morgan fingerprint density at radius 3 is 2.50 bits per heavy atom. The lowest BCUT2D eigenvalue weighted by molar-refractivity contribution is 0.619. The molecule has 0 spiro atoms. The summed E-state index contributed by atoms with van der Waals surface area (Å²) in [6.07, 6.45) is 0. The van der Waals surface area contributed by atoms with Crippen molar-refractivity contribution in [2.75, 3.05) is 17.7 Å². The summed E-state index contributed by atoms with van der Waals surface area (Å²) in [7, 11) is 1.72. The van der Waals surface area contributed by atoms with Gasteiger partial charge in [-0.2, -0.15) is 0 Å². The van der Waals surface area contributed by atoms with Crippen molar-refractivity contribution in [2.24, 2.45) is 0 Å². The van der Waals surface area contributed by atoms with Gasteiger partial charge in [0.25, 0.3) is 0 Å². The second-order valence-electron chi connectivity index (χ2n) is 4.16. The third kappa shape index (κ3) is 2.59. The van der Waals surface area contributed by atoms with Crippen LogP contribution in [0.2, 0.25) is 0 Å². The zero-order valence-electron chi connectivity index (χ0n) is 10.0. The summed E-state index contributed by atoms with van der Waals surface area (Å²) in [4.78, 5) is 1.67. The van der Waals surface area contributed by atoms with Gasteiger partial charge in [0.05, 0.1) is 11.4 Å². The molecule has 0 fully saturated rings. The number of hydrogen-bond acceptors (Lipinski definition) is 2. The summed E-state index contributed by atoms with van der Waals surface area (Å²) in [6.45, 7) is 0.392. The Balaban J connectivity index is 2.25. The van der Waals surface area contributed by atoms with E-state index in [4.69, 9.17) is 5.73 Å². The number of para-hydroxylation sites is 1. The fraction of sp³-hybridized carbons (Fsp3) is 0.143. The molecule has 0 heterocycles. The molecule has 0 bridgehead atoms. The SMILES string of the molecule is CN(Cc1cccc(F)c1)c1c(N)cccc1F. The minimum absolute atomic E-state index is 0.303. The first-order valence-corrected chi connectivity index (χ1v) is 5.57. The molecule has 2 aromatic rings. The minimum Gasteiger partial charge on any atom is -0.397 e. The van der Waals surface area contributed by atoms with E-state index in [1.54, 1.807) is 36.2 Å². The fourth-order valence-corrected chi connectivity index (χ4v) is 1.92. The van der Waals surface area contributed by atoms with Gasteiger partial charge in [0, 0.05) is 13.6 Å². The van der Waals surface area contributed by atoms with Crippen LogP contribution in [0.4, 0.5) is 20.2 Å². The molecule has 0 saturated heterocycles. The van der Waals surface area contributed by atoms with Gasteiger partial charge < -0.3 is 10.6 Å². The molecule has 2 rings (SSSR count). The molecule has 0 amide bonds. The highest BCUT2D eigenvalue weighted by atomic mass is 19.1. The van der Waals surface area contributed by atoms with E-state index in [-0.39, 0.29) is 11.6 Å².